The molecule has 0 aliphatic heterocycles. The van der Waals surface area contributed by atoms with E-state index >= 15 is 0 Å². The molecule has 4 heteroatoms. The van der Waals surface area contributed by atoms with Crippen LogP contribution in [0.1, 0.15) is 17.1 Å². The first-order valence-corrected chi connectivity index (χ1v) is 5.77. The fourth-order valence-electron chi connectivity index (χ4n) is 2.34. The molecule has 0 saturated heterocycles. The lowest BCUT2D eigenvalue weighted by atomic mass is 9.92. The standard InChI is InChI=1S/C13H15N3O/c1-17-9-4-2-8-3-5-11-13(10(8)6-9)16-12(7-14)15-11/h2,4,6H,3,5,7,14H2,1H3,(H,15,16). The lowest BCUT2D eigenvalue weighted by Crippen LogP contribution is -2.03. The minimum atomic E-state index is 0.451. The number of nitrogens with two attached hydrogens (primary N) is 1. The van der Waals surface area contributed by atoms with Crippen LogP contribution in [0.3, 0.4) is 0 Å². The first-order valence-electron chi connectivity index (χ1n) is 5.77. The second kappa shape index (κ2) is 3.89. The van der Waals surface area contributed by atoms with Gasteiger partial charge in [-0.25, -0.2) is 4.98 Å². The number of benzene rings is 1. The second-order valence-corrected chi connectivity index (χ2v) is 4.24. The van der Waals surface area contributed by atoms with Gasteiger partial charge in [-0.1, -0.05) is 6.07 Å². The van der Waals surface area contributed by atoms with E-state index in [9.17, 15) is 0 Å². The van der Waals surface area contributed by atoms with Crippen molar-refractivity contribution in [3.8, 4) is 17.0 Å². The van der Waals surface area contributed by atoms with Gasteiger partial charge in [0.1, 0.15) is 11.6 Å². The first kappa shape index (κ1) is 10.4. The fraction of sp³-hybridized carbons (Fsp3) is 0.308. The van der Waals surface area contributed by atoms with Crippen LogP contribution in [0.25, 0.3) is 11.3 Å². The zero-order valence-corrected chi connectivity index (χ0v) is 9.79. The van der Waals surface area contributed by atoms with Gasteiger partial charge in [-0.2, -0.15) is 0 Å². The third kappa shape index (κ3) is 1.61. The van der Waals surface area contributed by atoms with Gasteiger partial charge in [0.05, 0.1) is 19.3 Å². The quantitative estimate of drug-likeness (QED) is 0.822. The molecule has 2 aromatic rings. The molecule has 1 heterocycles. The summed E-state index contributed by atoms with van der Waals surface area (Å²) in [7, 11) is 1.68. The molecule has 3 rings (SSSR count). The highest BCUT2D eigenvalue weighted by molar-refractivity contribution is 5.70. The van der Waals surface area contributed by atoms with Crippen LogP contribution < -0.4 is 10.5 Å². The van der Waals surface area contributed by atoms with Crippen molar-refractivity contribution in [2.75, 3.05) is 7.11 Å². The summed E-state index contributed by atoms with van der Waals surface area (Å²) in [4.78, 5) is 7.83. The average Bonchev–Trinajstić information content (AvgIpc) is 2.81. The molecular weight excluding hydrogens is 214 g/mol. The average molecular weight is 229 g/mol. The van der Waals surface area contributed by atoms with Gasteiger partial charge in [0, 0.05) is 11.3 Å². The molecule has 3 N–H and O–H groups in total. The molecular formula is C13H15N3O. The van der Waals surface area contributed by atoms with Gasteiger partial charge in [0.2, 0.25) is 0 Å². The summed E-state index contributed by atoms with van der Waals surface area (Å²) in [6.45, 7) is 0.451. The summed E-state index contributed by atoms with van der Waals surface area (Å²) in [5.41, 5.74) is 10.3. The normalized spacial score (nSPS) is 13.1. The molecule has 4 nitrogen and oxygen atoms in total. The Morgan fingerprint density at radius 1 is 1.41 bits per heavy atom. The van der Waals surface area contributed by atoms with Crippen molar-refractivity contribution in [1.29, 1.82) is 0 Å². The van der Waals surface area contributed by atoms with Crippen LogP contribution in [0.2, 0.25) is 0 Å². The molecule has 0 bridgehead atoms. The van der Waals surface area contributed by atoms with Gasteiger partial charge in [0.15, 0.2) is 0 Å². The fourth-order valence-corrected chi connectivity index (χ4v) is 2.34. The Labute approximate surface area is 99.8 Å². The van der Waals surface area contributed by atoms with Crippen molar-refractivity contribution in [3.05, 3.63) is 35.3 Å². The van der Waals surface area contributed by atoms with Gasteiger partial charge in [-0.05, 0) is 30.5 Å². The summed E-state index contributed by atoms with van der Waals surface area (Å²) >= 11 is 0. The lowest BCUT2D eigenvalue weighted by molar-refractivity contribution is 0.415. The van der Waals surface area contributed by atoms with E-state index in [1.54, 1.807) is 7.11 Å². The Bertz CT molecular complexity index is 560. The number of imidazole rings is 1. The van der Waals surface area contributed by atoms with Crippen molar-refractivity contribution in [2.45, 2.75) is 19.4 Å². The molecule has 1 aromatic carbocycles. The monoisotopic (exact) mass is 229 g/mol. The van der Waals surface area contributed by atoms with Crippen LogP contribution >= 0.6 is 0 Å². The van der Waals surface area contributed by atoms with Gasteiger partial charge in [-0.3, -0.25) is 0 Å². The number of hydrogen-bond donors (Lipinski definition) is 2. The number of H-pyrrole nitrogens is 1. The Morgan fingerprint density at radius 2 is 2.29 bits per heavy atom. The Balaban J connectivity index is 2.16. The number of nitrogens with one attached hydrogen (secondary N) is 1. The maximum atomic E-state index is 5.62. The van der Waals surface area contributed by atoms with E-state index in [0.29, 0.717) is 6.54 Å². The highest BCUT2D eigenvalue weighted by Gasteiger charge is 2.20. The van der Waals surface area contributed by atoms with Crippen molar-refractivity contribution >= 4 is 0 Å². The van der Waals surface area contributed by atoms with E-state index in [-0.39, 0.29) is 0 Å². The van der Waals surface area contributed by atoms with Crippen molar-refractivity contribution in [3.63, 3.8) is 0 Å². The Morgan fingerprint density at radius 3 is 3.06 bits per heavy atom. The van der Waals surface area contributed by atoms with E-state index in [0.717, 1.165) is 30.1 Å². The number of nitrogens with zero attached hydrogens (tertiary/aromatic N) is 1. The van der Waals surface area contributed by atoms with E-state index in [4.69, 9.17) is 10.5 Å². The Kier molecular flexibility index (Phi) is 2.37. The Hall–Kier alpha value is -1.81. The van der Waals surface area contributed by atoms with Gasteiger partial charge in [0.25, 0.3) is 0 Å². The molecule has 1 aliphatic rings. The van der Waals surface area contributed by atoms with Gasteiger partial charge >= 0.3 is 0 Å². The summed E-state index contributed by atoms with van der Waals surface area (Å²) < 4.78 is 5.27. The van der Waals surface area contributed by atoms with Crippen LogP contribution in [-0.2, 0) is 19.4 Å². The minimum absolute atomic E-state index is 0.451. The molecule has 0 saturated carbocycles. The molecule has 17 heavy (non-hydrogen) atoms. The van der Waals surface area contributed by atoms with Crippen molar-refractivity contribution < 1.29 is 4.74 Å². The number of fused-ring (bicyclic) bond motifs is 3. The lowest BCUT2D eigenvalue weighted by Gasteiger charge is -2.15. The summed E-state index contributed by atoms with van der Waals surface area (Å²) in [5.74, 6) is 1.72. The maximum Gasteiger partial charge on any atom is 0.120 e. The molecule has 0 unspecified atom stereocenters. The zero-order valence-electron chi connectivity index (χ0n) is 9.79. The number of rotatable bonds is 2. The number of aromatic amines is 1. The number of hydrogen-bond acceptors (Lipinski definition) is 3. The molecule has 0 spiro atoms. The van der Waals surface area contributed by atoms with Gasteiger partial charge < -0.3 is 15.5 Å². The molecule has 1 aromatic heterocycles. The number of ether oxygens (including phenoxy) is 1. The van der Waals surface area contributed by atoms with E-state index in [2.05, 4.69) is 22.1 Å². The highest BCUT2D eigenvalue weighted by Crippen LogP contribution is 2.34. The molecule has 88 valence electrons. The predicted molar refractivity (Wildman–Crippen MR) is 65.9 cm³/mol. The third-order valence-corrected chi connectivity index (χ3v) is 3.24. The SMILES string of the molecule is COc1ccc2c(c1)-c1nc(CN)[nH]c1CC2. The van der Waals surface area contributed by atoms with Crippen LogP contribution in [-0.4, -0.2) is 17.1 Å². The molecule has 0 radical (unpaired) electrons. The predicted octanol–water partition coefficient (Wildman–Crippen LogP) is 1.64. The second-order valence-electron chi connectivity index (χ2n) is 4.24. The molecule has 0 amide bonds. The van der Waals surface area contributed by atoms with Crippen LogP contribution in [0.5, 0.6) is 5.75 Å². The minimum Gasteiger partial charge on any atom is -0.497 e. The molecule has 0 fully saturated rings. The van der Waals surface area contributed by atoms with Crippen molar-refractivity contribution in [2.24, 2.45) is 5.73 Å². The topological polar surface area (TPSA) is 63.9 Å². The molecule has 0 atom stereocenters. The van der Waals surface area contributed by atoms with Gasteiger partial charge in [-0.15, -0.1) is 0 Å². The largest absolute Gasteiger partial charge is 0.497 e. The summed E-state index contributed by atoms with van der Waals surface area (Å²) in [6, 6.07) is 6.17. The maximum absolute atomic E-state index is 5.62. The number of aryl methyl sites for hydroxylation is 2. The van der Waals surface area contributed by atoms with E-state index in [1.165, 1.54) is 16.8 Å². The third-order valence-electron chi connectivity index (χ3n) is 3.24. The number of methoxy groups -OCH3 is 1. The zero-order chi connectivity index (χ0) is 11.8. The first-order chi connectivity index (χ1) is 8.31. The van der Waals surface area contributed by atoms with E-state index in [1.807, 2.05) is 6.07 Å². The highest BCUT2D eigenvalue weighted by atomic mass is 16.5. The van der Waals surface area contributed by atoms with Crippen molar-refractivity contribution in [1.82, 2.24) is 9.97 Å². The summed E-state index contributed by atoms with van der Waals surface area (Å²) in [6.07, 6.45) is 2.04. The van der Waals surface area contributed by atoms with Crippen LogP contribution in [0, 0.1) is 0 Å². The van der Waals surface area contributed by atoms with E-state index < -0.39 is 0 Å². The smallest absolute Gasteiger partial charge is 0.120 e. The molecule has 1 aliphatic carbocycles. The summed E-state index contributed by atoms with van der Waals surface area (Å²) in [5, 5.41) is 0. The van der Waals surface area contributed by atoms with Crippen LogP contribution in [0.15, 0.2) is 18.2 Å². The van der Waals surface area contributed by atoms with Crippen LogP contribution in [0.4, 0.5) is 0 Å². The number of aromatic nitrogens is 2.